The first kappa shape index (κ1) is 17.4. The minimum Gasteiger partial charge on any atom is -0.357 e. The van der Waals surface area contributed by atoms with Gasteiger partial charge in [-0.25, -0.2) is 4.99 Å². The lowest BCUT2D eigenvalue weighted by molar-refractivity contribution is 0.597. The van der Waals surface area contributed by atoms with E-state index in [-0.39, 0.29) is 24.0 Å². The first-order valence-corrected chi connectivity index (χ1v) is 6.78. The van der Waals surface area contributed by atoms with E-state index in [9.17, 15) is 0 Å². The Labute approximate surface area is 142 Å². The number of hydrogen-bond acceptors (Lipinski definition) is 3. The molecule has 0 aliphatic heterocycles. The quantitative estimate of drug-likeness (QED) is 0.440. The van der Waals surface area contributed by atoms with Crippen molar-refractivity contribution < 1.29 is 0 Å². The van der Waals surface area contributed by atoms with Gasteiger partial charge < -0.3 is 10.6 Å². The van der Waals surface area contributed by atoms with Crippen molar-refractivity contribution in [3.63, 3.8) is 0 Å². The van der Waals surface area contributed by atoms with Gasteiger partial charge in [0.15, 0.2) is 5.96 Å². The van der Waals surface area contributed by atoms with Gasteiger partial charge in [0.25, 0.3) is 0 Å². The summed E-state index contributed by atoms with van der Waals surface area (Å²) in [6.45, 7) is 5.02. The zero-order valence-corrected chi connectivity index (χ0v) is 14.4. The first-order valence-electron chi connectivity index (χ1n) is 6.78. The lowest BCUT2D eigenvalue weighted by Gasteiger charge is -2.11. The predicted molar refractivity (Wildman–Crippen MR) is 94.7 cm³/mol. The van der Waals surface area contributed by atoms with Gasteiger partial charge >= 0.3 is 0 Å². The summed E-state index contributed by atoms with van der Waals surface area (Å²) in [4.78, 5) is 8.76. The molecule has 0 aliphatic carbocycles. The highest BCUT2D eigenvalue weighted by molar-refractivity contribution is 14.0. The smallest absolute Gasteiger partial charge is 0.191 e. The fourth-order valence-electron chi connectivity index (χ4n) is 1.72. The van der Waals surface area contributed by atoms with Crippen LogP contribution >= 0.6 is 24.0 Å². The van der Waals surface area contributed by atoms with Gasteiger partial charge in [0.2, 0.25) is 0 Å². The molecule has 0 atom stereocenters. The molecule has 0 unspecified atom stereocenters. The molecule has 0 aromatic carbocycles. The maximum Gasteiger partial charge on any atom is 0.191 e. The Morgan fingerprint density at radius 2 is 2.14 bits per heavy atom. The minimum absolute atomic E-state index is 0. The van der Waals surface area contributed by atoms with E-state index in [1.54, 1.807) is 12.4 Å². The standard InChI is InChI=1S/C14H20N6.HI/c1-2-15-14(17-9-11-20-10-5-8-19-20)18-12-13-6-3-4-7-16-13;/h3-8,10H,2,9,11-12H2,1H3,(H2,15,17,18);1H. The van der Waals surface area contributed by atoms with E-state index >= 15 is 0 Å². The second-order valence-corrected chi connectivity index (χ2v) is 4.21. The monoisotopic (exact) mass is 400 g/mol. The molecular weight excluding hydrogens is 379 g/mol. The highest BCUT2D eigenvalue weighted by atomic mass is 127. The summed E-state index contributed by atoms with van der Waals surface area (Å²) in [6.07, 6.45) is 5.50. The van der Waals surface area contributed by atoms with Gasteiger partial charge in [-0.2, -0.15) is 5.10 Å². The molecule has 2 aromatic rings. The number of hydrogen-bond donors (Lipinski definition) is 2. The summed E-state index contributed by atoms with van der Waals surface area (Å²) in [5.41, 5.74) is 0.955. The van der Waals surface area contributed by atoms with Crippen LogP contribution in [0.15, 0.2) is 47.8 Å². The largest absolute Gasteiger partial charge is 0.357 e. The number of aliphatic imine (C=N–C) groups is 1. The van der Waals surface area contributed by atoms with Crippen LogP contribution in [0.1, 0.15) is 12.6 Å². The molecule has 2 rings (SSSR count). The van der Waals surface area contributed by atoms with Crippen molar-refractivity contribution in [2.24, 2.45) is 4.99 Å². The molecule has 0 amide bonds. The molecule has 0 saturated carbocycles. The minimum atomic E-state index is 0. The summed E-state index contributed by atoms with van der Waals surface area (Å²) in [5.74, 6) is 0.797. The van der Waals surface area contributed by atoms with Gasteiger partial charge in [0.05, 0.1) is 18.8 Å². The van der Waals surface area contributed by atoms with Crippen LogP contribution in [-0.2, 0) is 13.1 Å². The Kier molecular flexibility index (Phi) is 8.41. The van der Waals surface area contributed by atoms with Crippen molar-refractivity contribution >= 4 is 29.9 Å². The van der Waals surface area contributed by atoms with Crippen LogP contribution in [0.4, 0.5) is 0 Å². The summed E-state index contributed by atoms with van der Waals surface area (Å²) in [5, 5.41) is 10.7. The van der Waals surface area contributed by atoms with E-state index in [4.69, 9.17) is 0 Å². The van der Waals surface area contributed by atoms with E-state index in [1.807, 2.05) is 42.1 Å². The molecule has 6 nitrogen and oxygen atoms in total. The summed E-state index contributed by atoms with van der Waals surface area (Å²) in [7, 11) is 0. The second-order valence-electron chi connectivity index (χ2n) is 4.21. The summed E-state index contributed by atoms with van der Waals surface area (Å²) >= 11 is 0. The topological polar surface area (TPSA) is 67.1 Å². The van der Waals surface area contributed by atoms with Crippen molar-refractivity contribution in [1.29, 1.82) is 0 Å². The van der Waals surface area contributed by atoms with E-state index < -0.39 is 0 Å². The Balaban J connectivity index is 0.00000220. The number of nitrogens with one attached hydrogen (secondary N) is 2. The van der Waals surface area contributed by atoms with Crippen molar-refractivity contribution in [3.05, 3.63) is 48.5 Å². The number of rotatable bonds is 6. The van der Waals surface area contributed by atoms with E-state index in [0.29, 0.717) is 6.54 Å². The van der Waals surface area contributed by atoms with Gasteiger partial charge in [-0.1, -0.05) is 6.07 Å². The van der Waals surface area contributed by atoms with E-state index in [2.05, 4.69) is 25.7 Å². The Morgan fingerprint density at radius 3 is 2.81 bits per heavy atom. The molecular formula is C14H21IN6. The number of halogens is 1. The van der Waals surface area contributed by atoms with Gasteiger partial charge in [0, 0.05) is 31.7 Å². The van der Waals surface area contributed by atoms with Crippen LogP contribution < -0.4 is 10.6 Å². The molecule has 2 N–H and O–H groups in total. The van der Waals surface area contributed by atoms with Crippen LogP contribution in [-0.4, -0.2) is 33.8 Å². The number of guanidine groups is 1. The zero-order valence-electron chi connectivity index (χ0n) is 12.1. The van der Waals surface area contributed by atoms with Gasteiger partial charge in [0.1, 0.15) is 0 Å². The molecule has 0 fully saturated rings. The molecule has 0 saturated heterocycles. The summed E-state index contributed by atoms with van der Waals surface area (Å²) < 4.78 is 1.88. The zero-order chi connectivity index (χ0) is 14.0. The average Bonchev–Trinajstić information content (AvgIpc) is 2.99. The number of aromatic nitrogens is 3. The highest BCUT2D eigenvalue weighted by Gasteiger charge is 1.98. The third-order valence-corrected chi connectivity index (χ3v) is 2.66. The van der Waals surface area contributed by atoms with Gasteiger partial charge in [-0.15, -0.1) is 24.0 Å². The van der Waals surface area contributed by atoms with E-state index in [0.717, 1.165) is 31.3 Å². The molecule has 114 valence electrons. The highest BCUT2D eigenvalue weighted by Crippen LogP contribution is 1.95. The van der Waals surface area contributed by atoms with Crippen molar-refractivity contribution in [2.75, 3.05) is 13.1 Å². The lowest BCUT2D eigenvalue weighted by Crippen LogP contribution is -2.38. The molecule has 7 heteroatoms. The fourth-order valence-corrected chi connectivity index (χ4v) is 1.72. The summed E-state index contributed by atoms with van der Waals surface area (Å²) in [6, 6.07) is 7.76. The maximum atomic E-state index is 4.50. The molecule has 2 aromatic heterocycles. The van der Waals surface area contributed by atoms with Crippen LogP contribution in [0.2, 0.25) is 0 Å². The SMILES string of the molecule is CCNC(=NCc1ccccn1)NCCn1cccn1.I. The molecule has 0 aliphatic rings. The van der Waals surface area contributed by atoms with Crippen LogP contribution in [0.3, 0.4) is 0 Å². The number of pyridine rings is 1. The average molecular weight is 400 g/mol. The lowest BCUT2D eigenvalue weighted by atomic mass is 10.3. The molecule has 0 spiro atoms. The first-order chi connectivity index (χ1) is 9.88. The fraction of sp³-hybridized carbons (Fsp3) is 0.357. The van der Waals surface area contributed by atoms with E-state index in [1.165, 1.54) is 0 Å². The molecule has 0 radical (unpaired) electrons. The molecule has 0 bridgehead atoms. The Morgan fingerprint density at radius 1 is 1.24 bits per heavy atom. The van der Waals surface area contributed by atoms with Crippen LogP contribution in [0.25, 0.3) is 0 Å². The number of nitrogens with zero attached hydrogens (tertiary/aromatic N) is 4. The van der Waals surface area contributed by atoms with Crippen molar-refractivity contribution in [3.8, 4) is 0 Å². The Bertz CT molecular complexity index is 512. The normalized spacial score (nSPS) is 10.8. The third-order valence-electron chi connectivity index (χ3n) is 2.66. The van der Waals surface area contributed by atoms with Crippen molar-refractivity contribution in [1.82, 2.24) is 25.4 Å². The van der Waals surface area contributed by atoms with Crippen molar-refractivity contribution in [2.45, 2.75) is 20.0 Å². The van der Waals surface area contributed by atoms with Crippen LogP contribution in [0, 0.1) is 0 Å². The molecule has 2 heterocycles. The second kappa shape index (κ2) is 10.1. The predicted octanol–water partition coefficient (Wildman–Crippen LogP) is 1.65. The van der Waals surface area contributed by atoms with Gasteiger partial charge in [-0.3, -0.25) is 9.67 Å². The van der Waals surface area contributed by atoms with Crippen LogP contribution in [0.5, 0.6) is 0 Å². The Hall–Kier alpha value is -1.64. The van der Waals surface area contributed by atoms with Gasteiger partial charge in [-0.05, 0) is 25.1 Å². The molecule has 21 heavy (non-hydrogen) atoms. The maximum absolute atomic E-state index is 4.50. The third kappa shape index (κ3) is 6.56.